The Morgan fingerprint density at radius 3 is 2.60 bits per heavy atom. The molecule has 0 aromatic rings. The van der Waals surface area contributed by atoms with Gasteiger partial charge in [0.25, 0.3) is 0 Å². The first kappa shape index (κ1) is 9.99. The topological polar surface area (TPSA) is 17.1 Å². The SMILES string of the molecule is CC(=O)CC/C=C/C(Cl)Cl. The van der Waals surface area contributed by atoms with Crippen molar-refractivity contribution >= 4 is 29.0 Å². The van der Waals surface area contributed by atoms with E-state index in [0.717, 1.165) is 6.42 Å². The van der Waals surface area contributed by atoms with Crippen LogP contribution in [0, 0.1) is 0 Å². The first-order chi connectivity index (χ1) is 4.63. The minimum absolute atomic E-state index is 0.186. The first-order valence-corrected chi connectivity index (χ1v) is 3.94. The molecule has 10 heavy (non-hydrogen) atoms. The van der Waals surface area contributed by atoms with Gasteiger partial charge in [0.15, 0.2) is 0 Å². The van der Waals surface area contributed by atoms with E-state index < -0.39 is 4.84 Å². The largest absolute Gasteiger partial charge is 0.300 e. The minimum Gasteiger partial charge on any atom is -0.300 e. The van der Waals surface area contributed by atoms with Gasteiger partial charge in [0.1, 0.15) is 10.6 Å². The smallest absolute Gasteiger partial charge is 0.130 e. The quantitative estimate of drug-likeness (QED) is 0.481. The highest BCUT2D eigenvalue weighted by atomic mass is 35.5. The molecule has 0 unspecified atom stereocenters. The van der Waals surface area contributed by atoms with Crippen molar-refractivity contribution in [2.75, 3.05) is 0 Å². The zero-order valence-corrected chi connectivity index (χ0v) is 7.32. The van der Waals surface area contributed by atoms with Crippen molar-refractivity contribution in [3.63, 3.8) is 0 Å². The molecule has 0 atom stereocenters. The third-order valence-electron chi connectivity index (χ3n) is 0.945. The number of ketones is 1. The van der Waals surface area contributed by atoms with Gasteiger partial charge >= 0.3 is 0 Å². The van der Waals surface area contributed by atoms with E-state index in [9.17, 15) is 4.79 Å². The molecule has 0 bridgehead atoms. The summed E-state index contributed by atoms with van der Waals surface area (Å²) in [6, 6.07) is 0. The Balaban J connectivity index is 3.27. The Labute approximate surface area is 71.0 Å². The third-order valence-corrected chi connectivity index (χ3v) is 1.24. The van der Waals surface area contributed by atoms with E-state index in [0.29, 0.717) is 6.42 Å². The predicted molar refractivity (Wildman–Crippen MR) is 44.5 cm³/mol. The number of rotatable bonds is 4. The molecule has 0 N–H and O–H groups in total. The lowest BCUT2D eigenvalue weighted by Gasteiger charge is -1.89. The zero-order chi connectivity index (χ0) is 7.98. The normalized spacial score (nSPS) is 11.2. The van der Waals surface area contributed by atoms with Crippen LogP contribution < -0.4 is 0 Å². The summed E-state index contributed by atoms with van der Waals surface area (Å²) < 4.78 is 0. The molecule has 0 aromatic heterocycles. The second-order valence-electron chi connectivity index (χ2n) is 2.00. The number of carbonyl (C=O) groups excluding carboxylic acids is 1. The molecule has 0 radical (unpaired) electrons. The molecule has 0 amide bonds. The van der Waals surface area contributed by atoms with Gasteiger partial charge in [-0.1, -0.05) is 12.2 Å². The molecule has 58 valence electrons. The molecule has 0 aliphatic carbocycles. The van der Waals surface area contributed by atoms with E-state index >= 15 is 0 Å². The van der Waals surface area contributed by atoms with Crippen molar-refractivity contribution in [2.24, 2.45) is 0 Å². The highest BCUT2D eigenvalue weighted by Crippen LogP contribution is 2.03. The number of halogens is 2. The summed E-state index contributed by atoms with van der Waals surface area (Å²) in [5, 5.41) is 0. The molecule has 0 spiro atoms. The molecule has 0 saturated heterocycles. The van der Waals surface area contributed by atoms with Crippen LogP contribution in [0.4, 0.5) is 0 Å². The fourth-order valence-corrected chi connectivity index (χ4v) is 0.691. The van der Waals surface area contributed by atoms with Crippen molar-refractivity contribution in [1.29, 1.82) is 0 Å². The number of hydrogen-bond acceptors (Lipinski definition) is 1. The van der Waals surface area contributed by atoms with Crippen LogP contribution >= 0.6 is 23.2 Å². The summed E-state index contributed by atoms with van der Waals surface area (Å²) in [5.74, 6) is 0.186. The molecule has 3 heteroatoms. The van der Waals surface area contributed by atoms with Crippen LogP contribution in [0.25, 0.3) is 0 Å². The summed E-state index contributed by atoms with van der Waals surface area (Å²) in [5.41, 5.74) is 0. The Morgan fingerprint density at radius 1 is 1.60 bits per heavy atom. The van der Waals surface area contributed by atoms with Gasteiger partial charge in [-0.3, -0.25) is 0 Å². The summed E-state index contributed by atoms with van der Waals surface area (Å²) in [6.45, 7) is 1.56. The highest BCUT2D eigenvalue weighted by Gasteiger charge is 1.90. The number of hydrogen-bond donors (Lipinski definition) is 0. The maximum absolute atomic E-state index is 10.4. The maximum atomic E-state index is 10.4. The number of alkyl halides is 2. The average Bonchev–Trinajstić information content (AvgIpc) is 1.79. The summed E-state index contributed by atoms with van der Waals surface area (Å²) in [4.78, 5) is 9.94. The molecular formula is C7H10Cl2O. The molecule has 0 rings (SSSR count). The standard InChI is InChI=1S/C7H10Cl2O/c1-6(10)4-2-3-5-7(8)9/h3,5,7H,2,4H2,1H3/b5-3+. The predicted octanol–water partition coefficient (Wildman–Crippen LogP) is 2.72. The van der Waals surface area contributed by atoms with E-state index in [1.165, 1.54) is 0 Å². The van der Waals surface area contributed by atoms with Gasteiger partial charge in [-0.25, -0.2) is 0 Å². The van der Waals surface area contributed by atoms with Crippen molar-refractivity contribution in [1.82, 2.24) is 0 Å². The highest BCUT2D eigenvalue weighted by molar-refractivity contribution is 6.45. The Morgan fingerprint density at radius 2 is 2.20 bits per heavy atom. The molecule has 0 saturated carbocycles. The van der Waals surface area contributed by atoms with Crippen LogP contribution in [0.3, 0.4) is 0 Å². The Kier molecular flexibility index (Phi) is 5.74. The van der Waals surface area contributed by atoms with Gasteiger partial charge in [-0.2, -0.15) is 0 Å². The van der Waals surface area contributed by atoms with Gasteiger partial charge in [0.05, 0.1) is 0 Å². The summed E-state index contributed by atoms with van der Waals surface area (Å²) >= 11 is 10.8. The van der Waals surface area contributed by atoms with Gasteiger partial charge in [-0.05, 0) is 13.3 Å². The van der Waals surface area contributed by atoms with Crippen LogP contribution in [-0.2, 0) is 4.79 Å². The van der Waals surface area contributed by atoms with Crippen molar-refractivity contribution in [2.45, 2.75) is 24.6 Å². The first-order valence-electron chi connectivity index (χ1n) is 3.07. The lowest BCUT2D eigenvalue weighted by atomic mass is 10.2. The van der Waals surface area contributed by atoms with Crippen LogP contribution in [0.2, 0.25) is 0 Å². The monoisotopic (exact) mass is 180 g/mol. The van der Waals surface area contributed by atoms with E-state index in [-0.39, 0.29) is 5.78 Å². The third kappa shape index (κ3) is 7.99. The molecule has 0 fully saturated rings. The van der Waals surface area contributed by atoms with Gasteiger partial charge in [-0.15, -0.1) is 23.2 Å². The van der Waals surface area contributed by atoms with E-state index in [1.54, 1.807) is 13.0 Å². The van der Waals surface area contributed by atoms with Crippen molar-refractivity contribution in [3.05, 3.63) is 12.2 Å². The Bertz CT molecular complexity index is 130. The number of Topliss-reactive ketones (excluding diaryl/α,β-unsaturated/α-hetero) is 1. The maximum Gasteiger partial charge on any atom is 0.130 e. The number of carbonyl (C=O) groups is 1. The lowest BCUT2D eigenvalue weighted by molar-refractivity contribution is -0.116. The molecule has 0 aliphatic rings. The van der Waals surface area contributed by atoms with E-state index in [4.69, 9.17) is 23.2 Å². The zero-order valence-electron chi connectivity index (χ0n) is 5.81. The van der Waals surface area contributed by atoms with Gasteiger partial charge in [0, 0.05) is 6.42 Å². The van der Waals surface area contributed by atoms with Gasteiger partial charge in [0.2, 0.25) is 0 Å². The lowest BCUT2D eigenvalue weighted by Crippen LogP contribution is -1.86. The van der Waals surface area contributed by atoms with Gasteiger partial charge < -0.3 is 4.79 Å². The fraction of sp³-hybridized carbons (Fsp3) is 0.571. The van der Waals surface area contributed by atoms with Crippen LogP contribution in [0.1, 0.15) is 19.8 Å². The van der Waals surface area contributed by atoms with Crippen molar-refractivity contribution < 1.29 is 4.79 Å². The molecule has 0 aliphatic heterocycles. The average molecular weight is 181 g/mol. The van der Waals surface area contributed by atoms with Crippen LogP contribution in [-0.4, -0.2) is 10.6 Å². The van der Waals surface area contributed by atoms with Crippen molar-refractivity contribution in [3.8, 4) is 0 Å². The minimum atomic E-state index is -0.452. The second kappa shape index (κ2) is 5.75. The fourth-order valence-electron chi connectivity index (χ4n) is 0.486. The van der Waals surface area contributed by atoms with Crippen LogP contribution in [0.5, 0.6) is 0 Å². The number of allylic oxidation sites excluding steroid dienone is 2. The molecule has 0 aromatic carbocycles. The van der Waals surface area contributed by atoms with E-state index in [1.807, 2.05) is 6.08 Å². The Hall–Kier alpha value is -0.0100. The summed E-state index contributed by atoms with van der Waals surface area (Å²) in [6.07, 6.45) is 4.76. The van der Waals surface area contributed by atoms with Crippen LogP contribution in [0.15, 0.2) is 12.2 Å². The molecule has 1 nitrogen and oxygen atoms in total. The summed E-state index contributed by atoms with van der Waals surface area (Å²) in [7, 11) is 0. The second-order valence-corrected chi connectivity index (χ2v) is 3.17. The molecular weight excluding hydrogens is 171 g/mol. The molecule has 0 heterocycles. The van der Waals surface area contributed by atoms with E-state index in [2.05, 4.69) is 0 Å².